The fourth-order valence-corrected chi connectivity index (χ4v) is 6.94. The molecule has 3 fully saturated rings. The van der Waals surface area contributed by atoms with Crippen LogP contribution < -0.4 is 5.48 Å². The summed E-state index contributed by atoms with van der Waals surface area (Å²) in [6, 6.07) is 0. The molecule has 124 valence electrons. The monoisotopic (exact) mass is 305 g/mol. The van der Waals surface area contributed by atoms with E-state index in [0.29, 0.717) is 11.3 Å². The van der Waals surface area contributed by atoms with E-state index in [0.717, 1.165) is 42.7 Å². The highest BCUT2D eigenvalue weighted by Gasteiger charge is 2.59. The lowest BCUT2D eigenvalue weighted by molar-refractivity contribution is -0.110. The summed E-state index contributed by atoms with van der Waals surface area (Å²) in [7, 11) is 0. The highest BCUT2D eigenvalue weighted by atomic mass is 16.5. The molecule has 3 N–H and O–H groups in total. The first kappa shape index (κ1) is 15.0. The number of allylic oxidation sites excluding steroid dienone is 2. The minimum absolute atomic E-state index is 0.0691. The van der Waals surface area contributed by atoms with Crippen LogP contribution in [0.5, 0.6) is 0 Å². The van der Waals surface area contributed by atoms with E-state index in [2.05, 4.69) is 25.4 Å². The van der Waals surface area contributed by atoms with Crippen LogP contribution in [-0.2, 0) is 0 Å². The molecule has 7 unspecified atom stereocenters. The van der Waals surface area contributed by atoms with Crippen LogP contribution in [0.3, 0.4) is 0 Å². The van der Waals surface area contributed by atoms with Crippen molar-refractivity contribution in [2.75, 3.05) is 0 Å². The molecule has 0 aliphatic heterocycles. The maximum Gasteiger partial charge on any atom is 0.0596 e. The Bertz CT molecular complexity index is 490. The maximum atomic E-state index is 10.5. The third-order valence-electron chi connectivity index (χ3n) is 8.41. The molecule has 3 saturated carbocycles. The number of nitrogens with one attached hydrogen (secondary N) is 1. The van der Waals surface area contributed by atoms with Crippen LogP contribution in [0.4, 0.5) is 0 Å². The Kier molecular flexibility index (Phi) is 3.40. The summed E-state index contributed by atoms with van der Waals surface area (Å²) in [4.78, 5) is 0. The number of aliphatic hydroxyl groups is 1. The van der Waals surface area contributed by atoms with Crippen molar-refractivity contribution in [2.24, 2.45) is 34.5 Å². The summed E-state index contributed by atoms with van der Waals surface area (Å²) < 4.78 is 0. The number of aliphatic hydroxyl groups excluding tert-OH is 1. The van der Waals surface area contributed by atoms with Gasteiger partial charge in [-0.25, -0.2) is 0 Å². The van der Waals surface area contributed by atoms with E-state index in [1.165, 1.54) is 32.1 Å². The van der Waals surface area contributed by atoms with Gasteiger partial charge in [0.05, 0.1) is 6.10 Å². The van der Waals surface area contributed by atoms with Crippen molar-refractivity contribution < 1.29 is 10.3 Å². The topological polar surface area (TPSA) is 52.5 Å². The molecule has 3 nitrogen and oxygen atoms in total. The minimum Gasteiger partial charge on any atom is -0.393 e. The average molecular weight is 305 g/mol. The Balaban J connectivity index is 1.63. The fraction of sp³-hybridized carbons (Fsp3) is 0.895. The van der Waals surface area contributed by atoms with Gasteiger partial charge >= 0.3 is 0 Å². The standard InChI is InChI=1S/C19H31NO2/c1-18-9-7-13(20-22)11-12(18)3-4-14-15-5-6-17(21)19(15,2)10-8-16(14)18/h7,12,14-17,20-22H,3-6,8-11H2,1-2H3. The van der Waals surface area contributed by atoms with E-state index in [9.17, 15) is 10.3 Å². The van der Waals surface area contributed by atoms with Gasteiger partial charge in [-0.05, 0) is 85.9 Å². The van der Waals surface area contributed by atoms with E-state index < -0.39 is 0 Å². The van der Waals surface area contributed by atoms with Crippen LogP contribution in [0.25, 0.3) is 0 Å². The van der Waals surface area contributed by atoms with Gasteiger partial charge in [0, 0.05) is 5.70 Å². The summed E-state index contributed by atoms with van der Waals surface area (Å²) in [5, 5.41) is 19.7. The highest BCUT2D eigenvalue weighted by Crippen LogP contribution is 2.65. The van der Waals surface area contributed by atoms with Crippen molar-refractivity contribution in [1.82, 2.24) is 5.48 Å². The van der Waals surface area contributed by atoms with Crippen LogP contribution in [-0.4, -0.2) is 16.4 Å². The first-order chi connectivity index (χ1) is 10.5. The van der Waals surface area contributed by atoms with Crippen LogP contribution in [0.15, 0.2) is 11.8 Å². The Morgan fingerprint density at radius 2 is 1.82 bits per heavy atom. The maximum absolute atomic E-state index is 10.5. The molecule has 0 radical (unpaired) electrons. The average Bonchev–Trinajstić information content (AvgIpc) is 2.82. The molecule has 4 rings (SSSR count). The van der Waals surface area contributed by atoms with Crippen molar-refractivity contribution in [3.05, 3.63) is 11.8 Å². The number of hydroxylamine groups is 1. The lowest BCUT2D eigenvalue weighted by Gasteiger charge is -2.59. The molecule has 0 heterocycles. The SMILES string of the molecule is CC12CCC3C(CCC4CC(NO)=CCC43C)C1CCC2O. The van der Waals surface area contributed by atoms with Crippen LogP contribution in [0.2, 0.25) is 0 Å². The first-order valence-corrected chi connectivity index (χ1v) is 9.26. The summed E-state index contributed by atoms with van der Waals surface area (Å²) in [6.07, 6.45) is 11.7. The predicted octanol–water partition coefficient (Wildman–Crippen LogP) is 3.86. The molecule has 0 bridgehead atoms. The quantitative estimate of drug-likeness (QED) is 0.645. The van der Waals surface area contributed by atoms with E-state index in [1.54, 1.807) is 0 Å². The van der Waals surface area contributed by atoms with Gasteiger partial charge in [-0.15, -0.1) is 0 Å². The van der Waals surface area contributed by atoms with Gasteiger partial charge in [-0.1, -0.05) is 19.9 Å². The van der Waals surface area contributed by atoms with Crippen LogP contribution in [0, 0.1) is 34.5 Å². The van der Waals surface area contributed by atoms with Gasteiger partial charge in [-0.2, -0.15) is 0 Å². The van der Waals surface area contributed by atoms with E-state index in [-0.39, 0.29) is 11.5 Å². The third kappa shape index (κ3) is 1.88. The predicted molar refractivity (Wildman–Crippen MR) is 86.1 cm³/mol. The zero-order valence-corrected chi connectivity index (χ0v) is 14.0. The number of rotatable bonds is 1. The van der Waals surface area contributed by atoms with Crippen molar-refractivity contribution in [1.29, 1.82) is 0 Å². The van der Waals surface area contributed by atoms with Crippen molar-refractivity contribution in [3.8, 4) is 0 Å². The lowest BCUT2D eigenvalue weighted by Crippen LogP contribution is -2.53. The molecule has 3 heteroatoms. The molecular weight excluding hydrogens is 274 g/mol. The summed E-state index contributed by atoms with van der Waals surface area (Å²) in [5.41, 5.74) is 4.02. The fourth-order valence-electron chi connectivity index (χ4n) is 6.94. The highest BCUT2D eigenvalue weighted by molar-refractivity contribution is 5.15. The van der Waals surface area contributed by atoms with Crippen LogP contribution in [0.1, 0.15) is 65.2 Å². The second kappa shape index (κ2) is 4.98. The Labute approximate surface area is 134 Å². The summed E-state index contributed by atoms with van der Waals surface area (Å²) in [6.45, 7) is 4.86. The van der Waals surface area contributed by atoms with Gasteiger partial charge in [0.1, 0.15) is 0 Å². The zero-order chi connectivity index (χ0) is 15.5. The van der Waals surface area contributed by atoms with E-state index in [4.69, 9.17) is 0 Å². The molecule has 0 spiro atoms. The van der Waals surface area contributed by atoms with E-state index >= 15 is 0 Å². The van der Waals surface area contributed by atoms with Gasteiger partial charge in [0.25, 0.3) is 0 Å². The number of hydrogen-bond acceptors (Lipinski definition) is 3. The second-order valence-electron chi connectivity index (χ2n) is 9.04. The third-order valence-corrected chi connectivity index (χ3v) is 8.41. The zero-order valence-electron chi connectivity index (χ0n) is 14.0. The summed E-state index contributed by atoms with van der Waals surface area (Å²) >= 11 is 0. The van der Waals surface area contributed by atoms with Gasteiger partial charge < -0.3 is 5.11 Å². The van der Waals surface area contributed by atoms with Crippen molar-refractivity contribution >= 4 is 0 Å². The largest absolute Gasteiger partial charge is 0.393 e. The molecule has 7 atom stereocenters. The molecule has 22 heavy (non-hydrogen) atoms. The van der Waals surface area contributed by atoms with Crippen LogP contribution >= 0.6 is 0 Å². The van der Waals surface area contributed by atoms with Crippen molar-refractivity contribution in [3.63, 3.8) is 0 Å². The molecular formula is C19H31NO2. The molecule has 0 saturated heterocycles. The summed E-state index contributed by atoms with van der Waals surface area (Å²) in [5.74, 6) is 3.07. The minimum atomic E-state index is -0.0691. The molecule has 0 aromatic heterocycles. The Hall–Kier alpha value is -0.540. The van der Waals surface area contributed by atoms with Gasteiger partial charge in [0.15, 0.2) is 0 Å². The van der Waals surface area contributed by atoms with Gasteiger partial charge in [-0.3, -0.25) is 10.7 Å². The molecule has 4 aliphatic rings. The first-order valence-electron chi connectivity index (χ1n) is 9.26. The molecule has 4 aliphatic carbocycles. The molecule has 0 amide bonds. The molecule has 0 aromatic carbocycles. The second-order valence-corrected chi connectivity index (χ2v) is 9.04. The Morgan fingerprint density at radius 3 is 2.59 bits per heavy atom. The Morgan fingerprint density at radius 1 is 1.05 bits per heavy atom. The molecule has 0 aromatic rings. The smallest absolute Gasteiger partial charge is 0.0596 e. The lowest BCUT2D eigenvalue weighted by atomic mass is 9.46. The van der Waals surface area contributed by atoms with Gasteiger partial charge in [0.2, 0.25) is 0 Å². The van der Waals surface area contributed by atoms with Crippen molar-refractivity contribution in [2.45, 2.75) is 71.3 Å². The number of fused-ring (bicyclic) bond motifs is 5. The van der Waals surface area contributed by atoms with E-state index in [1.807, 2.05) is 0 Å². The number of hydrogen-bond donors (Lipinski definition) is 3. The normalized spacial score (nSPS) is 54.0.